The van der Waals surface area contributed by atoms with Crippen molar-refractivity contribution in [2.75, 3.05) is 18.5 Å². The number of carboxylic acid groups (broad SMARTS) is 1. The van der Waals surface area contributed by atoms with Gasteiger partial charge in [-0.15, -0.1) is 0 Å². The van der Waals surface area contributed by atoms with E-state index in [0.717, 1.165) is 6.07 Å². The summed E-state index contributed by atoms with van der Waals surface area (Å²) in [6.07, 6.45) is 1.10. The van der Waals surface area contributed by atoms with Gasteiger partial charge >= 0.3 is 5.97 Å². The van der Waals surface area contributed by atoms with E-state index in [1.807, 2.05) is 6.92 Å². The highest BCUT2D eigenvalue weighted by Crippen LogP contribution is 2.21. The minimum atomic E-state index is -3.75. The van der Waals surface area contributed by atoms with Gasteiger partial charge in [0.2, 0.25) is 10.0 Å². The smallest absolute Gasteiger partial charge is 0.337 e. The first kappa shape index (κ1) is 18.4. The molecule has 0 fully saturated rings. The summed E-state index contributed by atoms with van der Waals surface area (Å²) in [5.74, 6) is -1.22. The van der Waals surface area contributed by atoms with E-state index in [1.54, 1.807) is 6.92 Å². The van der Waals surface area contributed by atoms with Gasteiger partial charge < -0.3 is 15.5 Å². The summed E-state index contributed by atoms with van der Waals surface area (Å²) < 4.78 is 26.9. The van der Waals surface area contributed by atoms with Crippen LogP contribution in [0.2, 0.25) is 0 Å². The summed E-state index contributed by atoms with van der Waals surface area (Å²) in [5, 5.41) is 20.8. The lowest BCUT2D eigenvalue weighted by molar-refractivity contribution is 0.0697. The molecule has 4 N–H and O–H groups in total. The second-order valence-corrected chi connectivity index (χ2v) is 6.66. The molecule has 0 aliphatic carbocycles. The zero-order valence-corrected chi connectivity index (χ0v) is 13.5. The molecule has 0 aliphatic heterocycles. The molecular formula is C14H22N2O5S. The third-order valence-corrected chi connectivity index (χ3v) is 4.74. The summed E-state index contributed by atoms with van der Waals surface area (Å²) in [6.45, 7) is 3.97. The molecule has 1 aromatic carbocycles. The number of nitrogens with one attached hydrogen (secondary N) is 2. The molecule has 0 aromatic heterocycles. The van der Waals surface area contributed by atoms with E-state index in [0.29, 0.717) is 25.1 Å². The largest absolute Gasteiger partial charge is 0.478 e. The standard InChI is InChI=1S/C14H22N2O5S/c1-3-10(2)16-22(20,21)11-5-6-13(15-7-4-8-17)12(9-11)14(18)19/h5-6,9-10,15-17H,3-4,7-8H2,1-2H3,(H,18,19)/t10-/m1/s1. The molecule has 0 bridgehead atoms. The average Bonchev–Trinajstić information content (AvgIpc) is 2.46. The van der Waals surface area contributed by atoms with E-state index in [9.17, 15) is 18.3 Å². The molecule has 7 nitrogen and oxygen atoms in total. The lowest BCUT2D eigenvalue weighted by Gasteiger charge is -2.14. The van der Waals surface area contributed by atoms with Gasteiger partial charge in [-0.2, -0.15) is 0 Å². The summed E-state index contributed by atoms with van der Waals surface area (Å²) in [4.78, 5) is 11.2. The first-order valence-electron chi connectivity index (χ1n) is 7.06. The normalized spacial score (nSPS) is 12.9. The Morgan fingerprint density at radius 2 is 2.05 bits per heavy atom. The fourth-order valence-corrected chi connectivity index (χ4v) is 3.09. The Labute approximate surface area is 130 Å². The van der Waals surface area contributed by atoms with Crippen LogP contribution in [0.1, 0.15) is 37.0 Å². The molecule has 0 aliphatic rings. The van der Waals surface area contributed by atoms with Gasteiger partial charge in [-0.3, -0.25) is 0 Å². The fourth-order valence-electron chi connectivity index (χ4n) is 1.74. The number of hydrogen-bond acceptors (Lipinski definition) is 5. The van der Waals surface area contributed by atoms with Gasteiger partial charge in [0.1, 0.15) is 0 Å². The summed E-state index contributed by atoms with van der Waals surface area (Å²) in [7, 11) is -3.75. The minimum Gasteiger partial charge on any atom is -0.478 e. The van der Waals surface area contributed by atoms with Crippen LogP contribution in [0.25, 0.3) is 0 Å². The lowest BCUT2D eigenvalue weighted by atomic mass is 10.2. The number of aliphatic hydroxyl groups excluding tert-OH is 1. The molecule has 1 rings (SSSR count). The number of anilines is 1. The number of benzene rings is 1. The number of hydrogen-bond donors (Lipinski definition) is 4. The molecule has 0 saturated heterocycles. The number of rotatable bonds is 9. The van der Waals surface area contributed by atoms with E-state index in [4.69, 9.17) is 5.11 Å². The third-order valence-electron chi connectivity index (χ3n) is 3.15. The van der Waals surface area contributed by atoms with Crippen LogP contribution in [-0.4, -0.2) is 43.8 Å². The van der Waals surface area contributed by atoms with Crippen molar-refractivity contribution < 1.29 is 23.4 Å². The van der Waals surface area contributed by atoms with E-state index in [-0.39, 0.29) is 23.1 Å². The maximum absolute atomic E-state index is 12.2. The van der Waals surface area contributed by atoms with E-state index in [2.05, 4.69) is 10.0 Å². The fraction of sp³-hybridized carbons (Fsp3) is 0.500. The van der Waals surface area contributed by atoms with Gasteiger partial charge in [-0.25, -0.2) is 17.9 Å². The molecule has 0 unspecified atom stereocenters. The van der Waals surface area contributed by atoms with Crippen molar-refractivity contribution in [3.05, 3.63) is 23.8 Å². The number of carboxylic acids is 1. The van der Waals surface area contributed by atoms with E-state index in [1.165, 1.54) is 12.1 Å². The molecule has 22 heavy (non-hydrogen) atoms. The molecule has 1 atom stereocenters. The summed E-state index contributed by atoms with van der Waals surface area (Å²) >= 11 is 0. The van der Waals surface area contributed by atoms with Gasteiger partial charge in [-0.05, 0) is 38.0 Å². The number of aliphatic hydroxyl groups is 1. The highest BCUT2D eigenvalue weighted by molar-refractivity contribution is 7.89. The van der Waals surface area contributed by atoms with Crippen molar-refractivity contribution in [3.63, 3.8) is 0 Å². The summed E-state index contributed by atoms with van der Waals surface area (Å²) in [5.41, 5.74) is 0.202. The Bertz CT molecular complexity index is 616. The van der Waals surface area contributed by atoms with E-state index < -0.39 is 16.0 Å². The molecule has 0 amide bonds. The first-order valence-corrected chi connectivity index (χ1v) is 8.54. The predicted molar refractivity (Wildman–Crippen MR) is 83.7 cm³/mol. The highest BCUT2D eigenvalue weighted by atomic mass is 32.2. The van der Waals surface area contributed by atoms with Crippen LogP contribution in [0.15, 0.2) is 23.1 Å². The second-order valence-electron chi connectivity index (χ2n) is 4.95. The van der Waals surface area contributed by atoms with Crippen molar-refractivity contribution >= 4 is 21.7 Å². The molecule has 0 radical (unpaired) electrons. The zero-order chi connectivity index (χ0) is 16.8. The lowest BCUT2D eigenvalue weighted by Crippen LogP contribution is -2.32. The van der Waals surface area contributed by atoms with Crippen LogP contribution in [-0.2, 0) is 10.0 Å². The van der Waals surface area contributed by atoms with Crippen molar-refractivity contribution in [1.82, 2.24) is 4.72 Å². The van der Waals surface area contributed by atoms with E-state index >= 15 is 0 Å². The molecule has 0 heterocycles. The highest BCUT2D eigenvalue weighted by Gasteiger charge is 2.20. The van der Waals surface area contributed by atoms with Crippen LogP contribution in [0.5, 0.6) is 0 Å². The maximum Gasteiger partial charge on any atom is 0.337 e. The third kappa shape index (κ3) is 4.97. The quantitative estimate of drug-likeness (QED) is 0.507. The Morgan fingerprint density at radius 3 is 2.59 bits per heavy atom. The monoisotopic (exact) mass is 330 g/mol. The zero-order valence-electron chi connectivity index (χ0n) is 12.7. The second kappa shape index (κ2) is 8.11. The predicted octanol–water partition coefficient (Wildman–Crippen LogP) is 1.26. The molecule has 1 aromatic rings. The van der Waals surface area contributed by atoms with Gasteiger partial charge in [0, 0.05) is 24.9 Å². The van der Waals surface area contributed by atoms with Crippen LogP contribution in [0.3, 0.4) is 0 Å². The Balaban J connectivity index is 3.09. The first-order chi connectivity index (χ1) is 10.3. The van der Waals surface area contributed by atoms with Crippen molar-refractivity contribution in [1.29, 1.82) is 0 Å². The molecule has 0 spiro atoms. The number of aromatic carboxylic acids is 1. The number of carbonyl (C=O) groups is 1. The van der Waals surface area contributed by atoms with Crippen LogP contribution >= 0.6 is 0 Å². The minimum absolute atomic E-state index is 0.0132. The van der Waals surface area contributed by atoms with Crippen LogP contribution in [0, 0.1) is 0 Å². The van der Waals surface area contributed by atoms with Crippen molar-refractivity contribution in [3.8, 4) is 0 Å². The van der Waals surface area contributed by atoms with Gasteiger partial charge in [0.15, 0.2) is 0 Å². The molecule has 124 valence electrons. The van der Waals surface area contributed by atoms with Crippen molar-refractivity contribution in [2.45, 2.75) is 37.6 Å². The SMILES string of the molecule is CC[C@@H](C)NS(=O)(=O)c1ccc(NCCCO)c(C(=O)O)c1. The molecular weight excluding hydrogens is 308 g/mol. The summed E-state index contributed by atoms with van der Waals surface area (Å²) in [6, 6.07) is 3.68. The topological polar surface area (TPSA) is 116 Å². The Kier molecular flexibility index (Phi) is 6.79. The Hall–Kier alpha value is -1.64. The van der Waals surface area contributed by atoms with Crippen LogP contribution < -0.4 is 10.0 Å². The number of sulfonamides is 1. The maximum atomic E-state index is 12.2. The van der Waals surface area contributed by atoms with Crippen LogP contribution in [0.4, 0.5) is 5.69 Å². The molecule has 8 heteroatoms. The van der Waals surface area contributed by atoms with Gasteiger partial charge in [0.05, 0.1) is 10.5 Å². The Morgan fingerprint density at radius 1 is 1.36 bits per heavy atom. The molecule has 0 saturated carbocycles. The average molecular weight is 330 g/mol. The van der Waals surface area contributed by atoms with Crippen molar-refractivity contribution in [2.24, 2.45) is 0 Å². The van der Waals surface area contributed by atoms with Gasteiger partial charge in [0.25, 0.3) is 0 Å². The van der Waals surface area contributed by atoms with Gasteiger partial charge in [-0.1, -0.05) is 6.92 Å².